The van der Waals surface area contributed by atoms with Crippen LogP contribution in [0.3, 0.4) is 0 Å². The number of carbonyl (C=O) groups excluding carboxylic acids is 1. The van der Waals surface area contributed by atoms with Gasteiger partial charge in [0.05, 0.1) is 0 Å². The van der Waals surface area contributed by atoms with Gasteiger partial charge in [0.25, 0.3) is 0 Å². The van der Waals surface area contributed by atoms with Gasteiger partial charge in [-0.3, -0.25) is 4.79 Å². The zero-order chi connectivity index (χ0) is 9.68. The zero-order valence-electron chi connectivity index (χ0n) is 7.81. The normalized spacial score (nSPS) is 27.3. The molecule has 1 nitrogen and oxygen atoms in total. The highest BCUT2D eigenvalue weighted by Gasteiger charge is 2.12. The van der Waals surface area contributed by atoms with Crippen LogP contribution in [-0.2, 0) is 4.79 Å². The van der Waals surface area contributed by atoms with Crippen molar-refractivity contribution in [3.8, 4) is 0 Å². The van der Waals surface area contributed by atoms with Gasteiger partial charge < -0.3 is 0 Å². The van der Waals surface area contributed by atoms with Gasteiger partial charge in [0.1, 0.15) is 6.29 Å². The van der Waals surface area contributed by atoms with E-state index in [0.717, 1.165) is 11.9 Å². The first-order valence-corrected chi connectivity index (χ1v) is 4.39. The molecule has 68 valence electrons. The van der Waals surface area contributed by atoms with Gasteiger partial charge in [-0.1, -0.05) is 36.5 Å². The largest absolute Gasteiger partial charge is 0.298 e. The number of allylic oxidation sites excluding steroid dienone is 7. The maximum Gasteiger partial charge on any atom is 0.145 e. The average Bonchev–Trinajstić information content (AvgIpc) is 2.18. The van der Waals surface area contributed by atoms with Crippen molar-refractivity contribution in [1.29, 1.82) is 0 Å². The van der Waals surface area contributed by atoms with E-state index in [9.17, 15) is 4.79 Å². The highest BCUT2D eigenvalue weighted by atomic mass is 16.1. The van der Waals surface area contributed by atoms with E-state index in [1.54, 1.807) is 0 Å². The van der Waals surface area contributed by atoms with E-state index in [4.69, 9.17) is 0 Å². The van der Waals surface area contributed by atoms with E-state index >= 15 is 0 Å². The fraction of sp³-hybridized carbons (Fsp3) is 0.250. The first-order valence-electron chi connectivity index (χ1n) is 4.39. The van der Waals surface area contributed by atoms with E-state index in [-0.39, 0.29) is 5.92 Å². The molecule has 0 amide bonds. The molecule has 2 unspecified atom stereocenters. The van der Waals surface area contributed by atoms with Crippen LogP contribution in [0.5, 0.6) is 0 Å². The molecule has 0 aromatic carbocycles. The van der Waals surface area contributed by atoms with Crippen molar-refractivity contribution in [2.45, 2.75) is 6.92 Å². The standard InChI is InChI=1S/C12H14O/c1-3-11-6-4-5-7-12(11)8-10(2)9-13/h3-9,11-12H,1H2,2H3/b10-8+. The van der Waals surface area contributed by atoms with Crippen LogP contribution in [0, 0.1) is 11.8 Å². The molecule has 0 heterocycles. The minimum Gasteiger partial charge on any atom is -0.298 e. The van der Waals surface area contributed by atoms with Gasteiger partial charge in [0.15, 0.2) is 0 Å². The molecule has 0 spiro atoms. The van der Waals surface area contributed by atoms with E-state index in [2.05, 4.69) is 18.7 Å². The monoisotopic (exact) mass is 174 g/mol. The quantitative estimate of drug-likeness (QED) is 0.365. The van der Waals surface area contributed by atoms with Crippen LogP contribution in [0.1, 0.15) is 6.92 Å². The van der Waals surface area contributed by atoms with Gasteiger partial charge in [-0.2, -0.15) is 0 Å². The van der Waals surface area contributed by atoms with Crippen molar-refractivity contribution in [1.82, 2.24) is 0 Å². The molecule has 0 N–H and O–H groups in total. The molecule has 1 heteroatoms. The second-order valence-electron chi connectivity index (χ2n) is 3.19. The van der Waals surface area contributed by atoms with Gasteiger partial charge in [-0.25, -0.2) is 0 Å². The summed E-state index contributed by atoms with van der Waals surface area (Å²) >= 11 is 0. The fourth-order valence-corrected chi connectivity index (χ4v) is 1.39. The third-order valence-electron chi connectivity index (χ3n) is 2.14. The van der Waals surface area contributed by atoms with E-state index in [0.29, 0.717) is 5.92 Å². The first-order chi connectivity index (χ1) is 6.27. The maximum absolute atomic E-state index is 10.4. The lowest BCUT2D eigenvalue weighted by molar-refractivity contribution is -0.104. The smallest absolute Gasteiger partial charge is 0.145 e. The summed E-state index contributed by atoms with van der Waals surface area (Å²) < 4.78 is 0. The van der Waals surface area contributed by atoms with Crippen molar-refractivity contribution in [3.05, 3.63) is 48.6 Å². The Balaban J connectivity index is 2.79. The van der Waals surface area contributed by atoms with Crippen LogP contribution < -0.4 is 0 Å². The van der Waals surface area contributed by atoms with Crippen LogP contribution in [-0.4, -0.2) is 6.29 Å². The number of hydrogen-bond donors (Lipinski definition) is 0. The lowest BCUT2D eigenvalue weighted by atomic mass is 9.87. The Kier molecular flexibility index (Phi) is 3.44. The van der Waals surface area contributed by atoms with Crippen molar-refractivity contribution in [3.63, 3.8) is 0 Å². The van der Waals surface area contributed by atoms with Crippen molar-refractivity contribution in [2.75, 3.05) is 0 Å². The predicted molar refractivity (Wildman–Crippen MR) is 55.3 cm³/mol. The van der Waals surface area contributed by atoms with Gasteiger partial charge in [-0.15, -0.1) is 6.58 Å². The number of rotatable bonds is 3. The van der Waals surface area contributed by atoms with Crippen LogP contribution in [0.25, 0.3) is 0 Å². The van der Waals surface area contributed by atoms with Crippen molar-refractivity contribution in [2.24, 2.45) is 11.8 Å². The van der Waals surface area contributed by atoms with E-state index < -0.39 is 0 Å². The summed E-state index contributed by atoms with van der Waals surface area (Å²) in [6.45, 7) is 5.58. The van der Waals surface area contributed by atoms with Gasteiger partial charge in [-0.05, 0) is 12.5 Å². The molecular weight excluding hydrogens is 160 g/mol. The molecular formula is C12H14O. The van der Waals surface area contributed by atoms with Crippen LogP contribution >= 0.6 is 0 Å². The highest BCUT2D eigenvalue weighted by Crippen LogP contribution is 2.22. The Morgan fingerprint density at radius 2 is 1.92 bits per heavy atom. The Labute approximate surface area is 79.2 Å². The van der Waals surface area contributed by atoms with Crippen molar-refractivity contribution < 1.29 is 4.79 Å². The average molecular weight is 174 g/mol. The van der Waals surface area contributed by atoms with Crippen LogP contribution in [0.4, 0.5) is 0 Å². The van der Waals surface area contributed by atoms with Crippen molar-refractivity contribution >= 4 is 6.29 Å². The SMILES string of the molecule is C=CC1C=CC=CC1/C=C(\C)C=O. The summed E-state index contributed by atoms with van der Waals surface area (Å²) in [4.78, 5) is 10.4. The molecule has 1 aliphatic carbocycles. The molecule has 1 rings (SSSR count). The minimum absolute atomic E-state index is 0.285. The lowest BCUT2D eigenvalue weighted by Crippen LogP contribution is -2.08. The molecule has 13 heavy (non-hydrogen) atoms. The van der Waals surface area contributed by atoms with Crippen LogP contribution in [0.2, 0.25) is 0 Å². The number of aldehydes is 1. The summed E-state index contributed by atoms with van der Waals surface area (Å²) in [6, 6.07) is 0. The third-order valence-corrected chi connectivity index (χ3v) is 2.14. The number of carbonyl (C=O) groups is 1. The van der Waals surface area contributed by atoms with Gasteiger partial charge in [0.2, 0.25) is 0 Å². The summed E-state index contributed by atoms with van der Waals surface area (Å²) in [6.07, 6.45) is 12.9. The Morgan fingerprint density at radius 3 is 2.46 bits per heavy atom. The topological polar surface area (TPSA) is 17.1 Å². The first kappa shape index (κ1) is 9.72. The zero-order valence-corrected chi connectivity index (χ0v) is 7.81. The Hall–Kier alpha value is -1.37. The Morgan fingerprint density at radius 1 is 1.31 bits per heavy atom. The molecule has 0 radical (unpaired) electrons. The molecule has 0 aromatic rings. The molecule has 0 aromatic heterocycles. The molecule has 0 saturated heterocycles. The van der Waals surface area contributed by atoms with E-state index in [1.807, 2.05) is 31.2 Å². The van der Waals surface area contributed by atoms with Gasteiger partial charge >= 0.3 is 0 Å². The highest BCUT2D eigenvalue weighted by molar-refractivity contribution is 5.72. The molecule has 0 aliphatic heterocycles. The lowest BCUT2D eigenvalue weighted by Gasteiger charge is -2.17. The van der Waals surface area contributed by atoms with E-state index in [1.165, 1.54) is 0 Å². The molecule has 0 bridgehead atoms. The fourth-order valence-electron chi connectivity index (χ4n) is 1.39. The Bertz CT molecular complexity index is 281. The molecule has 2 atom stereocenters. The molecule has 0 fully saturated rings. The summed E-state index contributed by atoms with van der Waals surface area (Å²) in [7, 11) is 0. The minimum atomic E-state index is 0.285. The summed E-state index contributed by atoms with van der Waals surface area (Å²) in [5, 5.41) is 0. The predicted octanol–water partition coefficient (Wildman–Crippen LogP) is 2.68. The molecule has 0 saturated carbocycles. The maximum atomic E-state index is 10.4. The van der Waals surface area contributed by atoms with Crippen LogP contribution in [0.15, 0.2) is 48.6 Å². The number of hydrogen-bond acceptors (Lipinski definition) is 1. The second-order valence-corrected chi connectivity index (χ2v) is 3.19. The second kappa shape index (κ2) is 4.61. The molecule has 1 aliphatic rings. The third kappa shape index (κ3) is 2.55. The summed E-state index contributed by atoms with van der Waals surface area (Å²) in [5.74, 6) is 0.604. The van der Waals surface area contributed by atoms with Gasteiger partial charge in [0, 0.05) is 11.8 Å². The summed E-state index contributed by atoms with van der Waals surface area (Å²) in [5.41, 5.74) is 0.775.